The lowest BCUT2D eigenvalue weighted by atomic mass is 9.95. The number of anilines is 2. The van der Waals surface area contributed by atoms with E-state index in [1.165, 1.54) is 0 Å². The zero-order valence-corrected chi connectivity index (χ0v) is 29.7. The number of carbonyl (C=O) groups excluding carboxylic acids is 2. The molecule has 0 radical (unpaired) electrons. The maximum Gasteiger partial charge on any atom is 0.322 e. The van der Waals surface area contributed by atoms with Crippen LogP contribution in [0.15, 0.2) is 96.0 Å². The highest BCUT2D eigenvalue weighted by molar-refractivity contribution is 9.10. The van der Waals surface area contributed by atoms with E-state index >= 15 is 0 Å². The number of hydrogen-bond donors (Lipinski definition) is 2. The predicted octanol–water partition coefficient (Wildman–Crippen LogP) is 7.65. The summed E-state index contributed by atoms with van der Waals surface area (Å²) in [5.74, 6) is -0.294. The van der Waals surface area contributed by atoms with Crippen LogP contribution in [0.3, 0.4) is 0 Å². The van der Waals surface area contributed by atoms with E-state index < -0.39 is 6.04 Å². The van der Waals surface area contributed by atoms with Gasteiger partial charge in [-0.2, -0.15) is 0 Å². The smallest absolute Gasteiger partial charge is 0.322 e. The van der Waals surface area contributed by atoms with Gasteiger partial charge >= 0.3 is 6.03 Å². The summed E-state index contributed by atoms with van der Waals surface area (Å²) in [5, 5.41) is 6.73. The number of halogens is 2. The van der Waals surface area contributed by atoms with Crippen molar-refractivity contribution < 1.29 is 9.59 Å². The molecule has 1 saturated heterocycles. The van der Waals surface area contributed by atoms with Gasteiger partial charge in [0.2, 0.25) is 5.91 Å². The van der Waals surface area contributed by atoms with Crippen molar-refractivity contribution in [2.75, 3.05) is 30.3 Å². The minimum atomic E-state index is -0.830. The summed E-state index contributed by atoms with van der Waals surface area (Å²) >= 11 is 10.1. The zero-order chi connectivity index (χ0) is 34.8. The van der Waals surface area contributed by atoms with Gasteiger partial charge in [0.15, 0.2) is 5.69 Å². The zero-order valence-electron chi connectivity index (χ0n) is 27.3. The maximum absolute atomic E-state index is 14.3. The fourth-order valence-electron chi connectivity index (χ4n) is 6.84. The molecule has 1 aliphatic carbocycles. The second kappa shape index (κ2) is 14.5. The number of nitrogens with zero attached hydrogens (tertiary/aromatic N) is 6. The number of piperazine rings is 1. The van der Waals surface area contributed by atoms with E-state index in [0.717, 1.165) is 51.0 Å². The van der Waals surface area contributed by atoms with E-state index in [1.807, 2.05) is 60.3 Å². The Labute approximate surface area is 304 Å². The van der Waals surface area contributed by atoms with E-state index in [-0.39, 0.29) is 24.5 Å². The van der Waals surface area contributed by atoms with Gasteiger partial charge in [0.1, 0.15) is 6.04 Å². The number of rotatable bonds is 6. The third-order valence-electron chi connectivity index (χ3n) is 9.20. The van der Waals surface area contributed by atoms with Crippen molar-refractivity contribution in [3.63, 3.8) is 0 Å². The average Bonchev–Trinajstić information content (AvgIpc) is 3.45. The molecule has 0 saturated carbocycles. The van der Waals surface area contributed by atoms with Crippen molar-refractivity contribution in [1.29, 1.82) is 0 Å². The number of hydrogen-bond acceptors (Lipinski definition) is 5. The molecule has 1 fully saturated rings. The molecule has 7 rings (SSSR count). The molecule has 50 heavy (non-hydrogen) atoms. The molecule has 12 heteroatoms. The normalized spacial score (nSPS) is 17.2. The standard InChI is InChI=1S/C38H34BrClN8O2/c1-24-20-46(23-43-24)21-25-4-3-5-32(16-25)44-37(49)34-22-47(14-15-48(34)38(50)45-31-11-9-30(41-2)10-12-31)36-33-13-8-29(40)18-26(33)6-7-27-17-28(39)19-42-35(27)36/h3-5,8-13,16-20,23,34,36H,6-7,14-15,21-22H2,1H3,(H,44,49)(H,45,50)/t34?,36-/m1/s1. The number of aryl methyl sites for hydroxylation is 3. The molecule has 1 aliphatic heterocycles. The summed E-state index contributed by atoms with van der Waals surface area (Å²) in [4.78, 5) is 44.7. The summed E-state index contributed by atoms with van der Waals surface area (Å²) in [5.41, 5.74) is 7.91. The molecule has 3 heterocycles. The maximum atomic E-state index is 14.3. The lowest BCUT2D eigenvalue weighted by Gasteiger charge is -2.43. The SMILES string of the molecule is [C-]#[N+]c1ccc(NC(=O)N2CCN([C@@H]3c4ccc(Cl)cc4CCc4cc(Br)cnc43)CC2C(=O)Nc2cccc(Cn3cnc(C)c3)c2)cc1. The first kappa shape index (κ1) is 33.5. The van der Waals surface area contributed by atoms with Crippen molar-refractivity contribution in [3.8, 4) is 0 Å². The quantitative estimate of drug-likeness (QED) is 0.174. The van der Waals surface area contributed by atoms with Gasteiger partial charge in [-0.15, -0.1) is 0 Å². The number of pyridine rings is 1. The minimum Gasteiger partial charge on any atom is -0.333 e. The monoisotopic (exact) mass is 748 g/mol. The number of aromatic nitrogens is 3. The van der Waals surface area contributed by atoms with Crippen molar-refractivity contribution in [2.45, 2.75) is 38.4 Å². The minimum absolute atomic E-state index is 0.239. The van der Waals surface area contributed by atoms with Crippen molar-refractivity contribution in [2.24, 2.45) is 0 Å². The van der Waals surface area contributed by atoms with E-state index in [9.17, 15) is 9.59 Å². The molecule has 2 aromatic heterocycles. The van der Waals surface area contributed by atoms with Gasteiger partial charge in [0.25, 0.3) is 0 Å². The Balaban J connectivity index is 1.20. The second-order valence-corrected chi connectivity index (χ2v) is 14.0. The van der Waals surface area contributed by atoms with E-state index in [0.29, 0.717) is 41.7 Å². The Bertz CT molecular complexity index is 2060. The number of amides is 3. The molecule has 10 nitrogen and oxygen atoms in total. The van der Waals surface area contributed by atoms with Gasteiger partial charge in [-0.25, -0.2) is 14.6 Å². The topological polar surface area (TPSA) is 99.8 Å². The molecule has 2 N–H and O–H groups in total. The van der Waals surface area contributed by atoms with Crippen LogP contribution in [0, 0.1) is 13.5 Å². The molecule has 5 aromatic rings. The van der Waals surface area contributed by atoms with Crippen molar-refractivity contribution >= 4 is 56.5 Å². The first-order chi connectivity index (χ1) is 24.2. The third-order valence-corrected chi connectivity index (χ3v) is 9.87. The largest absolute Gasteiger partial charge is 0.333 e. The summed E-state index contributed by atoms with van der Waals surface area (Å²) in [7, 11) is 0. The van der Waals surface area contributed by atoms with Crippen LogP contribution in [0.2, 0.25) is 5.02 Å². The third kappa shape index (κ3) is 7.28. The van der Waals surface area contributed by atoms with Crippen LogP contribution in [0.1, 0.15) is 39.7 Å². The Kier molecular flexibility index (Phi) is 9.68. The van der Waals surface area contributed by atoms with Gasteiger partial charge in [-0.3, -0.25) is 14.7 Å². The van der Waals surface area contributed by atoms with Gasteiger partial charge in [0.05, 0.1) is 30.3 Å². The Morgan fingerprint density at radius 2 is 1.80 bits per heavy atom. The number of nitrogens with one attached hydrogen (secondary N) is 2. The summed E-state index contributed by atoms with van der Waals surface area (Å²) < 4.78 is 2.90. The van der Waals surface area contributed by atoms with Gasteiger partial charge in [0, 0.05) is 59.4 Å². The van der Waals surface area contributed by atoms with E-state index in [2.05, 4.69) is 53.4 Å². The highest BCUT2D eigenvalue weighted by Gasteiger charge is 2.40. The average molecular weight is 750 g/mol. The highest BCUT2D eigenvalue weighted by atomic mass is 79.9. The molecular weight excluding hydrogens is 716 g/mol. The summed E-state index contributed by atoms with van der Waals surface area (Å²) in [6.45, 7) is 10.9. The molecular formula is C38H34BrClN8O2. The Morgan fingerprint density at radius 1 is 0.980 bits per heavy atom. The molecule has 252 valence electrons. The number of carbonyl (C=O) groups is 2. The van der Waals surface area contributed by atoms with Gasteiger partial charge in [-0.1, -0.05) is 41.9 Å². The Hall–Kier alpha value is -5.02. The van der Waals surface area contributed by atoms with Crippen LogP contribution in [-0.4, -0.2) is 61.9 Å². The summed E-state index contributed by atoms with van der Waals surface area (Å²) in [6.07, 6.45) is 7.19. The lowest BCUT2D eigenvalue weighted by molar-refractivity contribution is -0.122. The fourth-order valence-corrected chi connectivity index (χ4v) is 7.42. The van der Waals surface area contributed by atoms with Crippen LogP contribution in [0.25, 0.3) is 4.85 Å². The van der Waals surface area contributed by atoms with Crippen LogP contribution in [-0.2, 0) is 24.2 Å². The molecule has 3 amide bonds. The molecule has 2 atom stereocenters. The van der Waals surface area contributed by atoms with Crippen LogP contribution in [0.5, 0.6) is 0 Å². The van der Waals surface area contributed by atoms with Crippen molar-refractivity contribution in [1.82, 2.24) is 24.3 Å². The van der Waals surface area contributed by atoms with E-state index in [4.69, 9.17) is 23.2 Å². The molecule has 0 bridgehead atoms. The van der Waals surface area contributed by atoms with Crippen LogP contribution >= 0.6 is 27.5 Å². The molecule has 0 spiro atoms. The van der Waals surface area contributed by atoms with Gasteiger partial charge in [-0.05, 0) is 100 Å². The molecule has 1 unspecified atom stereocenters. The van der Waals surface area contributed by atoms with Crippen molar-refractivity contribution in [3.05, 3.63) is 146 Å². The van der Waals surface area contributed by atoms with Crippen LogP contribution < -0.4 is 10.6 Å². The molecule has 2 aliphatic rings. The molecule has 3 aromatic carbocycles. The first-order valence-corrected chi connectivity index (χ1v) is 17.5. The predicted molar refractivity (Wildman–Crippen MR) is 198 cm³/mol. The summed E-state index contributed by atoms with van der Waals surface area (Å²) in [6, 6.07) is 21.1. The van der Waals surface area contributed by atoms with E-state index in [1.54, 1.807) is 35.5 Å². The number of benzene rings is 3. The fraction of sp³-hybridized carbons (Fsp3) is 0.237. The number of imidazole rings is 1. The van der Waals surface area contributed by atoms with Gasteiger partial charge < -0.3 is 20.1 Å². The Morgan fingerprint density at radius 3 is 2.58 bits per heavy atom. The highest BCUT2D eigenvalue weighted by Crippen LogP contribution is 2.38. The first-order valence-electron chi connectivity index (χ1n) is 16.3. The number of urea groups is 1. The second-order valence-electron chi connectivity index (χ2n) is 12.6. The number of fused-ring (bicyclic) bond motifs is 2. The lowest BCUT2D eigenvalue weighted by Crippen LogP contribution is -2.61. The van der Waals surface area contributed by atoms with Crippen LogP contribution in [0.4, 0.5) is 21.9 Å².